The Morgan fingerprint density at radius 3 is 2.18 bits per heavy atom. The molecule has 1 aliphatic carbocycles. The summed E-state index contributed by atoms with van der Waals surface area (Å²) < 4.78 is 5.60. The number of amides is 2. The van der Waals surface area contributed by atoms with E-state index in [4.69, 9.17) is 9.84 Å². The minimum Gasteiger partial charge on any atom is -0.481 e. The van der Waals surface area contributed by atoms with Crippen LogP contribution in [0.1, 0.15) is 50.2 Å². The fourth-order valence-electron chi connectivity index (χ4n) is 4.57. The minimum atomic E-state index is -0.935. The average Bonchev–Trinajstić information content (AvgIpc) is 3.13. The maximum absolute atomic E-state index is 12.5. The molecule has 0 radical (unpaired) electrons. The van der Waals surface area contributed by atoms with Crippen molar-refractivity contribution in [3.8, 4) is 11.1 Å². The normalized spacial score (nSPS) is 13.2. The van der Waals surface area contributed by atoms with Crippen molar-refractivity contribution in [1.29, 1.82) is 0 Å². The Morgan fingerprint density at radius 2 is 1.62 bits per heavy atom. The van der Waals surface area contributed by atoms with Crippen LogP contribution in [0.4, 0.5) is 4.79 Å². The molecule has 0 saturated carbocycles. The van der Waals surface area contributed by atoms with Crippen LogP contribution in [-0.2, 0) is 14.3 Å². The first-order chi connectivity index (χ1) is 16.3. The van der Waals surface area contributed by atoms with Gasteiger partial charge in [0.05, 0.1) is 6.42 Å². The first kappa shape index (κ1) is 25.3. The van der Waals surface area contributed by atoms with Crippen molar-refractivity contribution in [3.63, 3.8) is 0 Å². The predicted molar refractivity (Wildman–Crippen MR) is 131 cm³/mol. The van der Waals surface area contributed by atoms with Crippen molar-refractivity contribution in [3.05, 3.63) is 59.7 Å². The number of rotatable bonds is 11. The number of carbonyl (C=O) groups is 3. The summed E-state index contributed by atoms with van der Waals surface area (Å²) in [7, 11) is 1.61. The number of alkyl carbamates (subject to hydrolysis) is 1. The highest BCUT2D eigenvalue weighted by atomic mass is 16.5. The zero-order valence-electron chi connectivity index (χ0n) is 20.1. The monoisotopic (exact) mass is 466 g/mol. The van der Waals surface area contributed by atoms with E-state index in [0.29, 0.717) is 12.5 Å². The summed E-state index contributed by atoms with van der Waals surface area (Å²) in [5, 5.41) is 11.7. The lowest BCUT2D eigenvalue weighted by molar-refractivity contribution is -0.138. The van der Waals surface area contributed by atoms with E-state index in [9.17, 15) is 14.4 Å². The van der Waals surface area contributed by atoms with E-state index in [-0.39, 0.29) is 43.7 Å². The van der Waals surface area contributed by atoms with Crippen molar-refractivity contribution in [2.45, 2.75) is 39.0 Å². The average molecular weight is 467 g/mol. The van der Waals surface area contributed by atoms with E-state index in [1.54, 1.807) is 7.05 Å². The summed E-state index contributed by atoms with van der Waals surface area (Å²) in [6, 6.07) is 16.4. The van der Waals surface area contributed by atoms with Crippen LogP contribution in [0.3, 0.4) is 0 Å². The summed E-state index contributed by atoms with van der Waals surface area (Å²) in [6.45, 7) is 4.87. The van der Waals surface area contributed by atoms with Crippen molar-refractivity contribution >= 4 is 18.0 Å². The van der Waals surface area contributed by atoms with Gasteiger partial charge in [-0.05, 0) is 40.5 Å². The number of hydrogen-bond donors (Lipinski definition) is 2. The fourth-order valence-corrected chi connectivity index (χ4v) is 4.57. The number of carboxylic acids is 1. The summed E-state index contributed by atoms with van der Waals surface area (Å²) in [4.78, 5) is 37.2. The molecule has 0 bridgehead atoms. The van der Waals surface area contributed by atoms with E-state index in [1.807, 2.05) is 24.3 Å². The molecule has 1 atom stereocenters. The second-order valence-electron chi connectivity index (χ2n) is 9.37. The standard InChI is InChI=1S/C27H34N2O5/c1-18(2)14-19(15-25(30)29(3)13-12-26(31)32)16-28-27(33)34-17-24-22-10-6-4-8-20(22)21-9-5-7-11-23(21)24/h4-11,18-19,24H,12-17H2,1-3H3,(H,28,33)(H,31,32). The first-order valence-corrected chi connectivity index (χ1v) is 11.8. The molecule has 3 rings (SSSR count). The molecule has 0 aromatic heterocycles. The van der Waals surface area contributed by atoms with E-state index >= 15 is 0 Å². The number of aliphatic carboxylic acids is 1. The third kappa shape index (κ3) is 6.59. The van der Waals surface area contributed by atoms with Crippen LogP contribution in [0.5, 0.6) is 0 Å². The van der Waals surface area contributed by atoms with Gasteiger partial charge in [-0.3, -0.25) is 9.59 Å². The molecule has 2 amide bonds. The molecule has 7 nitrogen and oxygen atoms in total. The molecule has 34 heavy (non-hydrogen) atoms. The van der Waals surface area contributed by atoms with Crippen molar-refractivity contribution in [1.82, 2.24) is 10.2 Å². The van der Waals surface area contributed by atoms with Crippen LogP contribution in [0, 0.1) is 11.8 Å². The summed E-state index contributed by atoms with van der Waals surface area (Å²) in [6.07, 6.45) is 0.428. The highest BCUT2D eigenvalue weighted by Gasteiger charge is 2.29. The first-order valence-electron chi connectivity index (χ1n) is 11.8. The molecule has 0 fully saturated rings. The molecule has 0 spiro atoms. The van der Waals surface area contributed by atoms with Gasteiger partial charge in [0.25, 0.3) is 0 Å². The Morgan fingerprint density at radius 1 is 1.03 bits per heavy atom. The van der Waals surface area contributed by atoms with Gasteiger partial charge in [0.1, 0.15) is 6.61 Å². The summed E-state index contributed by atoms with van der Waals surface area (Å²) >= 11 is 0. The maximum atomic E-state index is 12.5. The molecule has 2 aromatic carbocycles. The summed E-state index contributed by atoms with van der Waals surface area (Å²) in [5.74, 6) is -0.766. The Hall–Kier alpha value is -3.35. The number of fused-ring (bicyclic) bond motifs is 3. The lowest BCUT2D eigenvalue weighted by Gasteiger charge is -2.23. The second kappa shape index (κ2) is 11.7. The SMILES string of the molecule is CC(C)CC(CNC(=O)OCC1c2ccccc2-c2ccccc21)CC(=O)N(C)CCC(=O)O. The Labute approximate surface area is 201 Å². The molecule has 0 heterocycles. The summed E-state index contributed by atoms with van der Waals surface area (Å²) in [5.41, 5.74) is 4.66. The van der Waals surface area contributed by atoms with E-state index in [2.05, 4.69) is 43.4 Å². The number of ether oxygens (including phenoxy) is 1. The lowest BCUT2D eigenvalue weighted by Crippen LogP contribution is -2.35. The van der Waals surface area contributed by atoms with Gasteiger partial charge in [-0.25, -0.2) is 4.79 Å². The molecule has 182 valence electrons. The third-order valence-electron chi connectivity index (χ3n) is 6.23. The molecular weight excluding hydrogens is 432 g/mol. The van der Waals surface area contributed by atoms with Crippen LogP contribution in [0.15, 0.2) is 48.5 Å². The third-order valence-corrected chi connectivity index (χ3v) is 6.23. The quantitative estimate of drug-likeness (QED) is 0.508. The lowest BCUT2D eigenvalue weighted by atomic mass is 9.93. The maximum Gasteiger partial charge on any atom is 0.407 e. The van der Waals surface area contributed by atoms with Gasteiger partial charge in [-0.1, -0.05) is 62.4 Å². The number of carbonyl (C=O) groups excluding carboxylic acids is 2. The molecular formula is C27H34N2O5. The Balaban J connectivity index is 1.54. The van der Waals surface area contributed by atoms with Gasteiger partial charge in [-0.2, -0.15) is 0 Å². The van der Waals surface area contributed by atoms with Gasteiger partial charge in [0.2, 0.25) is 5.91 Å². The largest absolute Gasteiger partial charge is 0.481 e. The highest BCUT2D eigenvalue weighted by Crippen LogP contribution is 2.44. The number of carboxylic acid groups (broad SMARTS) is 1. The van der Waals surface area contributed by atoms with Gasteiger partial charge >= 0.3 is 12.1 Å². The van der Waals surface area contributed by atoms with Crippen LogP contribution >= 0.6 is 0 Å². The van der Waals surface area contributed by atoms with Gasteiger partial charge in [-0.15, -0.1) is 0 Å². The molecule has 1 unspecified atom stereocenters. The molecule has 2 N–H and O–H groups in total. The van der Waals surface area contributed by atoms with Crippen molar-refractivity contribution in [2.75, 3.05) is 26.7 Å². The molecule has 0 saturated heterocycles. The van der Waals surface area contributed by atoms with Crippen LogP contribution in [0.2, 0.25) is 0 Å². The zero-order chi connectivity index (χ0) is 24.7. The van der Waals surface area contributed by atoms with E-state index < -0.39 is 12.1 Å². The predicted octanol–water partition coefficient (Wildman–Crippen LogP) is 4.51. The van der Waals surface area contributed by atoms with Crippen LogP contribution < -0.4 is 5.32 Å². The fraction of sp³-hybridized carbons (Fsp3) is 0.444. The molecule has 2 aromatic rings. The van der Waals surface area contributed by atoms with Crippen molar-refractivity contribution < 1.29 is 24.2 Å². The molecule has 1 aliphatic rings. The number of hydrogen-bond acceptors (Lipinski definition) is 4. The van der Waals surface area contributed by atoms with Gasteiger partial charge < -0.3 is 20.1 Å². The topological polar surface area (TPSA) is 95.9 Å². The Kier molecular flexibility index (Phi) is 8.68. The second-order valence-corrected chi connectivity index (χ2v) is 9.37. The number of benzene rings is 2. The van der Waals surface area contributed by atoms with Gasteiger partial charge in [0.15, 0.2) is 0 Å². The minimum absolute atomic E-state index is 0.00549. The molecule has 0 aliphatic heterocycles. The zero-order valence-corrected chi connectivity index (χ0v) is 20.1. The number of nitrogens with one attached hydrogen (secondary N) is 1. The highest BCUT2D eigenvalue weighted by molar-refractivity contribution is 5.79. The van der Waals surface area contributed by atoms with E-state index in [0.717, 1.165) is 17.5 Å². The Bertz CT molecular complexity index is 974. The smallest absolute Gasteiger partial charge is 0.407 e. The van der Waals surface area contributed by atoms with Crippen LogP contribution in [0.25, 0.3) is 11.1 Å². The van der Waals surface area contributed by atoms with Crippen molar-refractivity contribution in [2.24, 2.45) is 11.8 Å². The molecule has 7 heteroatoms. The van der Waals surface area contributed by atoms with Gasteiger partial charge in [0, 0.05) is 32.5 Å². The number of nitrogens with zero attached hydrogens (tertiary/aromatic N) is 1. The van der Waals surface area contributed by atoms with Crippen LogP contribution in [-0.4, -0.2) is 54.7 Å². The van der Waals surface area contributed by atoms with E-state index in [1.165, 1.54) is 16.0 Å².